The predicted molar refractivity (Wildman–Crippen MR) is 63.4 cm³/mol. The Morgan fingerprint density at radius 1 is 1.41 bits per heavy atom. The summed E-state index contributed by atoms with van der Waals surface area (Å²) in [7, 11) is 0. The second-order valence-corrected chi connectivity index (χ2v) is 3.70. The van der Waals surface area contributed by atoms with E-state index in [0.29, 0.717) is 0 Å². The number of aryl methyl sites for hydroxylation is 1. The average Bonchev–Trinajstić information content (AvgIpc) is 2.36. The van der Waals surface area contributed by atoms with Crippen LogP contribution in [0.15, 0.2) is 29.3 Å². The van der Waals surface area contributed by atoms with Gasteiger partial charge in [0.15, 0.2) is 0 Å². The van der Waals surface area contributed by atoms with Crippen LogP contribution < -0.4 is 10.9 Å². The molecule has 0 atom stereocenters. The monoisotopic (exact) mass is 228 g/mol. The van der Waals surface area contributed by atoms with E-state index in [1.165, 1.54) is 5.56 Å². The molecule has 5 nitrogen and oxygen atoms in total. The van der Waals surface area contributed by atoms with E-state index in [-0.39, 0.29) is 12.3 Å². The largest absolute Gasteiger partial charge is 0.285 e. The van der Waals surface area contributed by atoms with Crippen molar-refractivity contribution in [1.82, 2.24) is 10.9 Å². The van der Waals surface area contributed by atoms with E-state index in [2.05, 4.69) is 15.8 Å². The minimum atomic E-state index is -0.353. The molecule has 0 radical (unpaired) electrons. The number of carbonyl (C=O) groups is 1. The van der Waals surface area contributed by atoms with Crippen LogP contribution in [0.1, 0.15) is 18.4 Å². The van der Waals surface area contributed by atoms with Gasteiger partial charge in [0.2, 0.25) is 0 Å². The van der Waals surface area contributed by atoms with Crippen molar-refractivity contribution in [2.24, 2.45) is 4.99 Å². The summed E-state index contributed by atoms with van der Waals surface area (Å²) in [5.74, 6) is 0.365. The Kier molecular flexibility index (Phi) is 3.36. The summed E-state index contributed by atoms with van der Waals surface area (Å²) in [4.78, 5) is 15.5. The van der Waals surface area contributed by atoms with E-state index in [1.807, 2.05) is 24.3 Å². The van der Waals surface area contributed by atoms with Crippen molar-refractivity contribution >= 4 is 17.4 Å². The van der Waals surface area contributed by atoms with Crippen molar-refractivity contribution in [2.45, 2.75) is 19.3 Å². The number of benzene rings is 1. The minimum Gasteiger partial charge on any atom is -0.285 e. The van der Waals surface area contributed by atoms with Crippen molar-refractivity contribution in [2.75, 3.05) is 0 Å². The molecule has 2 N–H and O–H groups in total. The van der Waals surface area contributed by atoms with E-state index in [1.54, 1.807) is 6.07 Å². The molecule has 2 rings (SSSR count). The van der Waals surface area contributed by atoms with Gasteiger partial charge in [0.25, 0.3) is 5.91 Å². The Balaban J connectivity index is 1.99. The lowest BCUT2D eigenvalue weighted by Gasteiger charge is -2.16. The highest BCUT2D eigenvalue weighted by Gasteiger charge is 2.11. The molecule has 0 spiro atoms. The quantitative estimate of drug-likeness (QED) is 0.709. The van der Waals surface area contributed by atoms with E-state index in [4.69, 9.17) is 5.26 Å². The third-order valence-electron chi connectivity index (χ3n) is 2.46. The maximum atomic E-state index is 11.1. The molecule has 0 saturated carbocycles. The molecule has 1 aliphatic rings. The van der Waals surface area contributed by atoms with Gasteiger partial charge >= 0.3 is 0 Å². The van der Waals surface area contributed by atoms with Crippen molar-refractivity contribution in [1.29, 1.82) is 5.26 Å². The van der Waals surface area contributed by atoms with Gasteiger partial charge in [-0.15, -0.1) is 0 Å². The van der Waals surface area contributed by atoms with Crippen molar-refractivity contribution in [3.8, 4) is 6.07 Å². The first-order valence-electron chi connectivity index (χ1n) is 5.37. The highest BCUT2D eigenvalue weighted by Crippen LogP contribution is 2.24. The van der Waals surface area contributed by atoms with Gasteiger partial charge in [-0.1, -0.05) is 18.2 Å². The molecule has 1 amide bonds. The lowest BCUT2D eigenvalue weighted by molar-refractivity contribution is -0.120. The highest BCUT2D eigenvalue weighted by atomic mass is 16.2. The van der Waals surface area contributed by atoms with Crippen molar-refractivity contribution < 1.29 is 4.79 Å². The van der Waals surface area contributed by atoms with E-state index < -0.39 is 0 Å². The first kappa shape index (κ1) is 11.1. The van der Waals surface area contributed by atoms with Gasteiger partial charge in [-0.3, -0.25) is 15.6 Å². The molecule has 1 aliphatic heterocycles. The number of amides is 1. The number of nitriles is 1. The number of aliphatic imine (C=N–C) groups is 1. The second kappa shape index (κ2) is 5.12. The first-order valence-corrected chi connectivity index (χ1v) is 5.37. The average molecular weight is 228 g/mol. The molecule has 0 aromatic heterocycles. The number of nitrogens with one attached hydrogen (secondary N) is 2. The zero-order valence-electron chi connectivity index (χ0n) is 9.23. The fourth-order valence-electron chi connectivity index (χ4n) is 1.63. The van der Waals surface area contributed by atoms with Crippen LogP contribution in [0.4, 0.5) is 5.69 Å². The van der Waals surface area contributed by atoms with E-state index >= 15 is 0 Å². The number of carbonyl (C=O) groups excluding carboxylic acids is 1. The van der Waals surface area contributed by atoms with Crippen LogP contribution in [0, 0.1) is 11.3 Å². The number of fused-ring (bicyclic) bond motifs is 1. The Labute approximate surface area is 99.1 Å². The summed E-state index contributed by atoms with van der Waals surface area (Å²) in [6.45, 7) is 0. The second-order valence-electron chi connectivity index (χ2n) is 3.70. The Morgan fingerprint density at radius 2 is 2.24 bits per heavy atom. The molecule has 0 bridgehead atoms. The Bertz CT molecular complexity index is 501. The zero-order valence-corrected chi connectivity index (χ0v) is 9.23. The molecular weight excluding hydrogens is 216 g/mol. The van der Waals surface area contributed by atoms with Gasteiger partial charge in [0, 0.05) is 6.42 Å². The van der Waals surface area contributed by atoms with Gasteiger partial charge in [-0.2, -0.15) is 5.26 Å². The number of para-hydroxylation sites is 1. The van der Waals surface area contributed by atoms with Crippen LogP contribution in [0.25, 0.3) is 0 Å². The molecule has 0 unspecified atom stereocenters. The van der Waals surface area contributed by atoms with Crippen LogP contribution in [0.2, 0.25) is 0 Å². The Morgan fingerprint density at radius 3 is 3.06 bits per heavy atom. The molecule has 5 heteroatoms. The number of hydrogen-bond acceptors (Lipinski definition) is 4. The lowest BCUT2D eigenvalue weighted by Crippen LogP contribution is -2.42. The summed E-state index contributed by atoms with van der Waals surface area (Å²) in [6.07, 6.45) is 1.50. The Hall–Kier alpha value is -2.35. The lowest BCUT2D eigenvalue weighted by atomic mass is 10.0. The minimum absolute atomic E-state index is 0.156. The molecular formula is C12H12N4O. The maximum absolute atomic E-state index is 11.1. The summed E-state index contributed by atoms with van der Waals surface area (Å²) in [5, 5.41) is 8.33. The van der Waals surface area contributed by atoms with Crippen LogP contribution in [0.5, 0.6) is 0 Å². The summed E-state index contributed by atoms with van der Waals surface area (Å²) >= 11 is 0. The smallest absolute Gasteiger partial charge is 0.252 e. The van der Waals surface area contributed by atoms with Gasteiger partial charge in [-0.05, 0) is 18.1 Å². The topological polar surface area (TPSA) is 77.3 Å². The van der Waals surface area contributed by atoms with Crippen molar-refractivity contribution in [3.05, 3.63) is 29.8 Å². The molecule has 1 aromatic carbocycles. The summed E-state index contributed by atoms with van der Waals surface area (Å²) in [6, 6.07) is 9.68. The van der Waals surface area contributed by atoms with E-state index in [0.717, 1.165) is 24.4 Å². The number of nitrogens with zero attached hydrogens (tertiary/aromatic N) is 2. The first-order chi connectivity index (χ1) is 8.29. The van der Waals surface area contributed by atoms with Crippen LogP contribution in [-0.2, 0) is 11.2 Å². The zero-order chi connectivity index (χ0) is 12.1. The highest BCUT2D eigenvalue weighted by molar-refractivity contribution is 5.89. The fraction of sp³-hybridized carbons (Fsp3) is 0.250. The number of amidine groups is 1. The molecule has 0 aliphatic carbocycles. The van der Waals surface area contributed by atoms with Gasteiger partial charge < -0.3 is 0 Å². The number of rotatable bonds is 1. The van der Waals surface area contributed by atoms with Crippen LogP contribution in [0.3, 0.4) is 0 Å². The van der Waals surface area contributed by atoms with Gasteiger partial charge in [0.05, 0.1) is 11.8 Å². The standard InChI is InChI=1S/C12H12N4O/c13-8-7-12(17)16-15-11-6-5-9-3-1-2-4-10(9)14-11/h1-4H,5-7H2,(H,14,15)(H,16,17). The molecule has 1 heterocycles. The molecule has 0 fully saturated rings. The van der Waals surface area contributed by atoms with Crippen molar-refractivity contribution in [3.63, 3.8) is 0 Å². The fourth-order valence-corrected chi connectivity index (χ4v) is 1.63. The normalized spacial score (nSPS) is 13.0. The SMILES string of the molecule is N#CCC(=O)NNC1=Nc2ccccc2CC1. The van der Waals surface area contributed by atoms with Crippen LogP contribution in [-0.4, -0.2) is 11.7 Å². The van der Waals surface area contributed by atoms with Crippen LogP contribution >= 0.6 is 0 Å². The maximum Gasteiger partial charge on any atom is 0.252 e. The molecule has 1 aromatic rings. The predicted octanol–water partition coefficient (Wildman–Crippen LogP) is 1.20. The summed E-state index contributed by atoms with van der Waals surface area (Å²) in [5.41, 5.74) is 7.32. The molecule has 86 valence electrons. The number of hydrogen-bond donors (Lipinski definition) is 2. The van der Waals surface area contributed by atoms with E-state index in [9.17, 15) is 4.79 Å². The third kappa shape index (κ3) is 2.82. The molecule has 0 saturated heterocycles. The number of hydrazine groups is 1. The third-order valence-corrected chi connectivity index (χ3v) is 2.46. The molecule has 17 heavy (non-hydrogen) atoms. The van der Waals surface area contributed by atoms with Gasteiger partial charge in [0.1, 0.15) is 12.3 Å². The van der Waals surface area contributed by atoms with Gasteiger partial charge in [-0.25, -0.2) is 4.99 Å². The summed E-state index contributed by atoms with van der Waals surface area (Å²) < 4.78 is 0.